The van der Waals surface area contributed by atoms with Crippen LogP contribution in [0.5, 0.6) is 5.75 Å². The molecule has 1 saturated heterocycles. The maximum Gasteiger partial charge on any atom is 0.335 e. The summed E-state index contributed by atoms with van der Waals surface area (Å²) in [5.41, 5.74) is 1.45. The quantitative estimate of drug-likeness (QED) is 0.384. The average molecular weight is 642 g/mol. The highest BCUT2D eigenvalue weighted by Crippen LogP contribution is 2.55. The Morgan fingerprint density at radius 1 is 0.891 bits per heavy atom. The molecular formula is C33H43N3O10. The van der Waals surface area contributed by atoms with E-state index in [1.807, 2.05) is 37.9 Å². The van der Waals surface area contributed by atoms with E-state index in [4.69, 9.17) is 28.4 Å². The predicted molar refractivity (Wildman–Crippen MR) is 170 cm³/mol. The molecule has 1 atom stereocenters. The molecule has 13 nitrogen and oxygen atoms in total. The Hall–Kier alpha value is -3.59. The number of carboxylic acids is 1. The molecule has 1 spiro atoms. The molecule has 0 radical (unpaired) electrons. The lowest BCUT2D eigenvalue weighted by atomic mass is 9.76. The van der Waals surface area contributed by atoms with Gasteiger partial charge in [-0.1, -0.05) is 0 Å². The Bertz CT molecular complexity index is 1410. The molecule has 0 aliphatic carbocycles. The number of fused-ring (bicyclic) bond motifs is 2. The van der Waals surface area contributed by atoms with Gasteiger partial charge in [-0.05, 0) is 49.8 Å². The number of anilines is 1. The van der Waals surface area contributed by atoms with Gasteiger partial charge in [-0.2, -0.15) is 0 Å². The van der Waals surface area contributed by atoms with Gasteiger partial charge in [-0.15, -0.1) is 0 Å². The number of benzene rings is 2. The van der Waals surface area contributed by atoms with Gasteiger partial charge in [0.05, 0.1) is 82.0 Å². The summed E-state index contributed by atoms with van der Waals surface area (Å²) < 4.78 is 35.2. The number of carbonyl (C=O) groups is 1. The molecule has 0 amide bonds. The van der Waals surface area contributed by atoms with Crippen molar-refractivity contribution >= 4 is 23.4 Å². The van der Waals surface area contributed by atoms with Crippen molar-refractivity contribution in [2.24, 2.45) is 0 Å². The van der Waals surface area contributed by atoms with Crippen molar-refractivity contribution < 1.29 is 43.2 Å². The third kappa shape index (κ3) is 7.19. The number of likely N-dealkylation sites (N-methyl/N-ethyl adjacent to an activating group) is 1. The van der Waals surface area contributed by atoms with Gasteiger partial charge in [0, 0.05) is 55.6 Å². The Kier molecular flexibility index (Phi) is 10.9. The van der Waals surface area contributed by atoms with E-state index in [0.29, 0.717) is 103 Å². The van der Waals surface area contributed by atoms with Gasteiger partial charge in [-0.25, -0.2) is 4.79 Å². The van der Waals surface area contributed by atoms with E-state index >= 15 is 0 Å². The maximum absolute atomic E-state index is 12.0. The molecule has 3 aliphatic rings. The SMILES string of the molecule is CN1c2ccc(C(=O)O)cc2C(C)(C)C12C=Cc1cc([N+](=O)[O-])cc(CN3CCOCCOCCOCCOCCOCC3)c1O2. The minimum Gasteiger partial charge on any atom is -0.478 e. The summed E-state index contributed by atoms with van der Waals surface area (Å²) >= 11 is 0. The fraction of sp³-hybridized carbons (Fsp3) is 0.545. The lowest BCUT2D eigenvalue weighted by Gasteiger charge is -2.46. The van der Waals surface area contributed by atoms with Crippen LogP contribution in [-0.2, 0) is 35.6 Å². The Balaban J connectivity index is 1.40. The number of ether oxygens (including phenoxy) is 6. The smallest absolute Gasteiger partial charge is 0.335 e. The van der Waals surface area contributed by atoms with Crippen LogP contribution in [0.1, 0.15) is 40.9 Å². The van der Waals surface area contributed by atoms with E-state index in [1.54, 1.807) is 24.3 Å². The minimum absolute atomic E-state index is 0.0291. The summed E-state index contributed by atoms with van der Waals surface area (Å²) in [5, 5.41) is 21.7. The Morgan fingerprint density at radius 3 is 2.00 bits per heavy atom. The summed E-state index contributed by atoms with van der Waals surface area (Å²) in [6.07, 6.45) is 3.78. The highest BCUT2D eigenvalue weighted by atomic mass is 16.6. The summed E-state index contributed by atoms with van der Waals surface area (Å²) in [6, 6.07) is 8.18. The first-order valence-electron chi connectivity index (χ1n) is 15.6. The summed E-state index contributed by atoms with van der Waals surface area (Å²) in [6.45, 7) is 10.0. The molecule has 1 fully saturated rings. The molecule has 5 rings (SSSR count). The molecular weight excluding hydrogens is 598 g/mol. The largest absolute Gasteiger partial charge is 0.478 e. The van der Waals surface area contributed by atoms with Crippen molar-refractivity contribution in [3.05, 3.63) is 68.8 Å². The van der Waals surface area contributed by atoms with Crippen LogP contribution in [0, 0.1) is 10.1 Å². The first kappa shape index (κ1) is 33.8. The van der Waals surface area contributed by atoms with Crippen LogP contribution in [0.3, 0.4) is 0 Å². The van der Waals surface area contributed by atoms with Crippen LogP contribution >= 0.6 is 0 Å². The highest BCUT2D eigenvalue weighted by Gasteiger charge is 2.58. The molecule has 1 N–H and O–H groups in total. The van der Waals surface area contributed by atoms with E-state index in [-0.39, 0.29) is 11.3 Å². The van der Waals surface area contributed by atoms with Crippen LogP contribution in [0.2, 0.25) is 0 Å². The number of hydrogen-bond donors (Lipinski definition) is 1. The van der Waals surface area contributed by atoms with Crippen molar-refractivity contribution in [2.75, 3.05) is 91.1 Å². The van der Waals surface area contributed by atoms with Crippen molar-refractivity contribution in [1.82, 2.24) is 4.90 Å². The van der Waals surface area contributed by atoms with Gasteiger partial charge < -0.3 is 38.4 Å². The normalized spacial score (nSPS) is 23.2. The number of nitro groups is 1. The number of nitrogens with zero attached hydrogens (tertiary/aromatic N) is 3. The third-order valence-electron chi connectivity index (χ3n) is 8.79. The molecule has 0 saturated carbocycles. The van der Waals surface area contributed by atoms with E-state index in [9.17, 15) is 20.0 Å². The number of rotatable bonds is 4. The van der Waals surface area contributed by atoms with Crippen LogP contribution in [0.15, 0.2) is 36.4 Å². The summed E-state index contributed by atoms with van der Waals surface area (Å²) in [5.74, 6) is -0.455. The molecule has 250 valence electrons. The number of hydrogen-bond acceptors (Lipinski definition) is 11. The molecule has 1 unspecified atom stereocenters. The van der Waals surface area contributed by atoms with Crippen molar-refractivity contribution in [1.29, 1.82) is 0 Å². The van der Waals surface area contributed by atoms with E-state index in [1.165, 1.54) is 6.07 Å². The summed E-state index contributed by atoms with van der Waals surface area (Å²) in [7, 11) is 1.92. The fourth-order valence-electron chi connectivity index (χ4n) is 6.21. The standard InChI is InChI=1S/C33H43N3O10/c1-32(2)28-22-25(31(37)38)4-5-29(28)34(3)33(32)7-6-24-20-27(36(39)40)21-26(30(24)46-33)23-35-8-10-41-12-14-43-16-18-45-19-17-44-15-13-42-11-9-35/h4-7,20-22H,8-19,23H2,1-3H3,(H,37,38). The molecule has 3 heterocycles. The second-order valence-corrected chi connectivity index (χ2v) is 12.0. The average Bonchev–Trinajstić information content (AvgIpc) is 3.19. The van der Waals surface area contributed by atoms with Crippen LogP contribution in [0.25, 0.3) is 6.08 Å². The van der Waals surface area contributed by atoms with Crippen LogP contribution < -0.4 is 9.64 Å². The molecule has 46 heavy (non-hydrogen) atoms. The van der Waals surface area contributed by atoms with Crippen molar-refractivity contribution in [3.63, 3.8) is 0 Å². The zero-order valence-corrected chi connectivity index (χ0v) is 26.7. The topological polar surface area (TPSA) is 142 Å². The van der Waals surface area contributed by atoms with Gasteiger partial charge in [0.25, 0.3) is 5.69 Å². The van der Waals surface area contributed by atoms with Gasteiger partial charge in [0.2, 0.25) is 5.72 Å². The number of nitro benzene ring substituents is 1. The van der Waals surface area contributed by atoms with Crippen LogP contribution in [-0.4, -0.2) is 113 Å². The van der Waals surface area contributed by atoms with E-state index in [2.05, 4.69) is 4.90 Å². The lowest BCUT2D eigenvalue weighted by Crippen LogP contribution is -2.58. The first-order valence-corrected chi connectivity index (χ1v) is 15.6. The van der Waals surface area contributed by atoms with Gasteiger partial charge in [0.15, 0.2) is 0 Å². The van der Waals surface area contributed by atoms with Crippen LogP contribution in [0.4, 0.5) is 11.4 Å². The number of non-ortho nitro benzene ring substituents is 1. The maximum atomic E-state index is 12.0. The van der Waals surface area contributed by atoms with E-state index < -0.39 is 22.0 Å². The van der Waals surface area contributed by atoms with E-state index in [0.717, 1.165) is 11.3 Å². The number of aromatic carboxylic acids is 1. The molecule has 0 bridgehead atoms. The lowest BCUT2D eigenvalue weighted by molar-refractivity contribution is -0.385. The fourth-order valence-corrected chi connectivity index (χ4v) is 6.21. The second kappa shape index (κ2) is 14.9. The van der Waals surface area contributed by atoms with Crippen molar-refractivity contribution in [3.8, 4) is 5.75 Å². The third-order valence-corrected chi connectivity index (χ3v) is 8.79. The zero-order valence-electron chi connectivity index (χ0n) is 26.7. The number of carboxylic acid groups (broad SMARTS) is 1. The Morgan fingerprint density at radius 2 is 1.46 bits per heavy atom. The molecule has 0 aromatic heterocycles. The van der Waals surface area contributed by atoms with Gasteiger partial charge >= 0.3 is 5.97 Å². The first-order chi connectivity index (χ1) is 22.1. The van der Waals surface area contributed by atoms with Crippen molar-refractivity contribution in [2.45, 2.75) is 31.5 Å². The second-order valence-electron chi connectivity index (χ2n) is 12.0. The Labute approximate surface area is 268 Å². The molecule has 2 aromatic carbocycles. The summed E-state index contributed by atoms with van der Waals surface area (Å²) in [4.78, 5) is 27.5. The molecule has 13 heteroatoms. The predicted octanol–water partition coefficient (Wildman–Crippen LogP) is 3.72. The molecule has 2 aromatic rings. The highest BCUT2D eigenvalue weighted by molar-refractivity contribution is 5.89. The van der Waals surface area contributed by atoms with Gasteiger partial charge in [-0.3, -0.25) is 15.0 Å². The monoisotopic (exact) mass is 641 g/mol. The zero-order chi connectivity index (χ0) is 32.7. The van der Waals surface area contributed by atoms with Gasteiger partial charge in [0.1, 0.15) is 5.75 Å². The minimum atomic E-state index is -1.00. The molecule has 3 aliphatic heterocycles.